The largest absolute Gasteiger partial charge is 0.478 e. The number of carbonyl (C=O) groups excluding carboxylic acids is 1. The minimum Gasteiger partial charge on any atom is -0.478 e. The summed E-state index contributed by atoms with van der Waals surface area (Å²) in [6, 6.07) is 12.5. The molecule has 0 spiro atoms. The summed E-state index contributed by atoms with van der Waals surface area (Å²) in [4.78, 5) is 23.7. The molecule has 2 aromatic carbocycles. The van der Waals surface area contributed by atoms with Crippen LogP contribution in [-0.2, 0) is 17.6 Å². The lowest BCUT2D eigenvalue weighted by Crippen LogP contribution is -2.37. The van der Waals surface area contributed by atoms with Gasteiger partial charge >= 0.3 is 5.97 Å². The minimum absolute atomic E-state index is 0.204. The number of aryl methyl sites for hydroxylation is 2. The molecule has 5 heteroatoms. The van der Waals surface area contributed by atoms with Gasteiger partial charge in [-0.05, 0) is 62.1 Å². The molecule has 0 unspecified atom stereocenters. The number of rotatable bonds is 7. The van der Waals surface area contributed by atoms with Gasteiger partial charge in [-0.2, -0.15) is 0 Å². The number of nitrogens with one attached hydrogen (secondary N) is 1. The first-order valence-corrected chi connectivity index (χ1v) is 8.73. The average Bonchev–Trinajstić information content (AvgIpc) is 2.62. The maximum Gasteiger partial charge on any atom is 0.347 e. The van der Waals surface area contributed by atoms with E-state index in [4.69, 9.17) is 9.84 Å². The summed E-state index contributed by atoms with van der Waals surface area (Å²) in [5, 5.41) is 12.1. The number of para-hydroxylation sites is 1. The summed E-state index contributed by atoms with van der Waals surface area (Å²) >= 11 is 0. The zero-order valence-corrected chi connectivity index (χ0v) is 15.6. The van der Waals surface area contributed by atoms with Crippen LogP contribution in [-0.4, -0.2) is 22.6 Å². The van der Waals surface area contributed by atoms with E-state index in [0.29, 0.717) is 11.3 Å². The Kier molecular flexibility index (Phi) is 6.03. The van der Waals surface area contributed by atoms with Gasteiger partial charge in [0.1, 0.15) is 5.75 Å². The zero-order chi connectivity index (χ0) is 19.3. The van der Waals surface area contributed by atoms with Crippen molar-refractivity contribution in [2.45, 2.75) is 46.1 Å². The first-order chi connectivity index (χ1) is 12.3. The topological polar surface area (TPSA) is 75.6 Å². The van der Waals surface area contributed by atoms with Crippen molar-refractivity contribution in [3.63, 3.8) is 0 Å². The zero-order valence-electron chi connectivity index (χ0n) is 15.6. The van der Waals surface area contributed by atoms with Gasteiger partial charge in [0.2, 0.25) is 0 Å². The molecule has 2 N–H and O–H groups in total. The fraction of sp³-hybridized carbons (Fsp3) is 0.333. The Morgan fingerprint density at radius 1 is 1.00 bits per heavy atom. The van der Waals surface area contributed by atoms with E-state index < -0.39 is 11.6 Å². The minimum atomic E-state index is -1.33. The molecule has 0 aliphatic rings. The molecule has 0 saturated carbocycles. The Labute approximate surface area is 154 Å². The van der Waals surface area contributed by atoms with Crippen LogP contribution in [0.3, 0.4) is 0 Å². The summed E-state index contributed by atoms with van der Waals surface area (Å²) in [5.74, 6) is -0.857. The standard InChI is InChI=1S/C21H25NO4/c1-5-14-8-7-9-15(6-2)18(14)22-19(23)16-10-12-17(13-11-16)26-21(3,4)20(24)25/h7-13H,5-6H2,1-4H3,(H,22,23)(H,24,25). The van der Waals surface area contributed by atoms with Crippen LogP contribution in [0.5, 0.6) is 5.75 Å². The fourth-order valence-electron chi connectivity index (χ4n) is 2.60. The van der Waals surface area contributed by atoms with Crippen LogP contribution >= 0.6 is 0 Å². The molecule has 26 heavy (non-hydrogen) atoms. The molecule has 5 nitrogen and oxygen atoms in total. The highest BCUT2D eigenvalue weighted by atomic mass is 16.5. The second-order valence-electron chi connectivity index (χ2n) is 6.55. The Hall–Kier alpha value is -2.82. The molecule has 0 radical (unpaired) electrons. The molecular weight excluding hydrogens is 330 g/mol. The van der Waals surface area contributed by atoms with Crippen molar-refractivity contribution in [3.05, 3.63) is 59.2 Å². The normalized spacial score (nSPS) is 11.1. The molecule has 0 heterocycles. The van der Waals surface area contributed by atoms with Gasteiger partial charge in [0.05, 0.1) is 0 Å². The van der Waals surface area contributed by atoms with Gasteiger partial charge in [-0.3, -0.25) is 4.79 Å². The quantitative estimate of drug-likeness (QED) is 0.776. The van der Waals surface area contributed by atoms with Crippen LogP contribution in [0.25, 0.3) is 0 Å². The number of carboxylic acids is 1. The summed E-state index contributed by atoms with van der Waals surface area (Å²) in [7, 11) is 0. The summed E-state index contributed by atoms with van der Waals surface area (Å²) in [6.07, 6.45) is 1.67. The van der Waals surface area contributed by atoms with Crippen molar-refractivity contribution in [2.75, 3.05) is 5.32 Å². The average molecular weight is 355 g/mol. The fourth-order valence-corrected chi connectivity index (χ4v) is 2.60. The van der Waals surface area contributed by atoms with Crippen LogP contribution in [0.15, 0.2) is 42.5 Å². The van der Waals surface area contributed by atoms with Crippen molar-refractivity contribution in [1.29, 1.82) is 0 Å². The summed E-state index contributed by atoms with van der Waals surface area (Å²) < 4.78 is 5.46. The number of aliphatic carboxylic acids is 1. The number of carbonyl (C=O) groups is 2. The molecule has 2 aromatic rings. The Bertz CT molecular complexity index is 772. The van der Waals surface area contributed by atoms with Gasteiger partial charge in [0, 0.05) is 11.3 Å². The first-order valence-electron chi connectivity index (χ1n) is 8.73. The molecule has 0 aliphatic heterocycles. The van der Waals surface area contributed by atoms with Crippen LogP contribution in [0.2, 0.25) is 0 Å². The van der Waals surface area contributed by atoms with Gasteiger partial charge in [-0.25, -0.2) is 4.79 Å². The van der Waals surface area contributed by atoms with Crippen molar-refractivity contribution in [1.82, 2.24) is 0 Å². The molecule has 1 amide bonds. The van der Waals surface area contributed by atoms with E-state index in [1.165, 1.54) is 13.8 Å². The molecule has 0 saturated heterocycles. The third kappa shape index (κ3) is 4.42. The van der Waals surface area contributed by atoms with Gasteiger partial charge < -0.3 is 15.2 Å². The van der Waals surface area contributed by atoms with E-state index in [2.05, 4.69) is 19.2 Å². The summed E-state index contributed by atoms with van der Waals surface area (Å²) in [5.41, 5.74) is 2.22. The molecule has 0 fully saturated rings. The second-order valence-corrected chi connectivity index (χ2v) is 6.55. The number of anilines is 1. The van der Waals surface area contributed by atoms with Crippen LogP contribution in [0.1, 0.15) is 49.2 Å². The number of ether oxygens (including phenoxy) is 1. The smallest absolute Gasteiger partial charge is 0.347 e. The molecule has 0 bridgehead atoms. The lowest BCUT2D eigenvalue weighted by molar-refractivity contribution is -0.152. The predicted molar refractivity (Wildman–Crippen MR) is 102 cm³/mol. The van der Waals surface area contributed by atoms with E-state index in [1.54, 1.807) is 24.3 Å². The van der Waals surface area contributed by atoms with E-state index in [0.717, 1.165) is 29.7 Å². The third-order valence-electron chi connectivity index (χ3n) is 4.24. The monoisotopic (exact) mass is 355 g/mol. The molecule has 0 aliphatic carbocycles. The molecule has 0 aromatic heterocycles. The molecule has 0 atom stereocenters. The van der Waals surface area contributed by atoms with Crippen molar-refractivity contribution in [3.8, 4) is 5.75 Å². The Balaban J connectivity index is 2.18. The van der Waals surface area contributed by atoms with Gasteiger partial charge in [0.15, 0.2) is 5.60 Å². The Morgan fingerprint density at radius 2 is 1.54 bits per heavy atom. The predicted octanol–water partition coefficient (Wildman–Crippen LogP) is 4.31. The highest BCUT2D eigenvalue weighted by molar-refractivity contribution is 6.05. The van der Waals surface area contributed by atoms with E-state index in [1.807, 2.05) is 18.2 Å². The highest BCUT2D eigenvalue weighted by Gasteiger charge is 2.29. The molecular formula is C21H25NO4. The van der Waals surface area contributed by atoms with Crippen molar-refractivity contribution < 1.29 is 19.4 Å². The summed E-state index contributed by atoms with van der Waals surface area (Å²) in [6.45, 7) is 7.06. The maximum atomic E-state index is 12.6. The van der Waals surface area contributed by atoms with Gasteiger partial charge in [0.25, 0.3) is 5.91 Å². The van der Waals surface area contributed by atoms with E-state index >= 15 is 0 Å². The van der Waals surface area contributed by atoms with Gasteiger partial charge in [-0.1, -0.05) is 32.0 Å². The van der Waals surface area contributed by atoms with Crippen molar-refractivity contribution in [2.24, 2.45) is 0 Å². The van der Waals surface area contributed by atoms with Crippen LogP contribution < -0.4 is 10.1 Å². The lowest BCUT2D eigenvalue weighted by atomic mass is 10.0. The van der Waals surface area contributed by atoms with Gasteiger partial charge in [-0.15, -0.1) is 0 Å². The number of carboxylic acid groups (broad SMARTS) is 1. The number of amides is 1. The number of hydrogen-bond acceptors (Lipinski definition) is 3. The van der Waals surface area contributed by atoms with Crippen molar-refractivity contribution >= 4 is 17.6 Å². The number of hydrogen-bond donors (Lipinski definition) is 2. The second kappa shape index (κ2) is 8.04. The first kappa shape index (κ1) is 19.5. The van der Waals surface area contributed by atoms with E-state index in [9.17, 15) is 9.59 Å². The third-order valence-corrected chi connectivity index (χ3v) is 4.24. The molecule has 2 rings (SSSR count). The Morgan fingerprint density at radius 3 is 2.00 bits per heavy atom. The van der Waals surface area contributed by atoms with Crippen LogP contribution in [0.4, 0.5) is 5.69 Å². The SMILES string of the molecule is CCc1cccc(CC)c1NC(=O)c1ccc(OC(C)(C)C(=O)O)cc1. The number of benzene rings is 2. The molecule has 138 valence electrons. The maximum absolute atomic E-state index is 12.6. The lowest BCUT2D eigenvalue weighted by Gasteiger charge is -2.21. The van der Waals surface area contributed by atoms with Crippen LogP contribution in [0, 0.1) is 0 Å². The highest BCUT2D eigenvalue weighted by Crippen LogP contribution is 2.24. The van der Waals surface area contributed by atoms with E-state index in [-0.39, 0.29) is 5.91 Å².